The summed E-state index contributed by atoms with van der Waals surface area (Å²) in [6.45, 7) is 5.74. The van der Waals surface area contributed by atoms with Gasteiger partial charge in [0.1, 0.15) is 18.2 Å². The van der Waals surface area contributed by atoms with Crippen LogP contribution < -0.4 is 4.74 Å². The maximum Gasteiger partial charge on any atom is 0.242 e. The highest BCUT2D eigenvalue weighted by molar-refractivity contribution is 7.10. The Morgan fingerprint density at radius 2 is 1.97 bits per heavy atom. The number of fused-ring (bicyclic) bond motifs is 1. The van der Waals surface area contributed by atoms with E-state index in [2.05, 4.69) is 19.9 Å². The molecule has 31 heavy (non-hydrogen) atoms. The normalized spacial score (nSPS) is 18.1. The lowest BCUT2D eigenvalue weighted by Gasteiger charge is -2.37. The number of thiophene rings is 1. The lowest BCUT2D eigenvalue weighted by atomic mass is 10.00. The molecule has 166 valence electrons. The van der Waals surface area contributed by atoms with E-state index in [9.17, 15) is 14.0 Å². The van der Waals surface area contributed by atoms with E-state index in [0.29, 0.717) is 31.4 Å². The Hall–Kier alpha value is -2.41. The summed E-state index contributed by atoms with van der Waals surface area (Å²) in [7, 11) is 0. The van der Waals surface area contributed by atoms with Crippen molar-refractivity contribution in [3.05, 3.63) is 52.0 Å². The predicted octanol–water partition coefficient (Wildman–Crippen LogP) is 4.29. The fourth-order valence-electron chi connectivity index (χ4n) is 4.10. The minimum atomic E-state index is -0.312. The van der Waals surface area contributed by atoms with Gasteiger partial charge in [-0.3, -0.25) is 9.59 Å². The second-order valence-corrected chi connectivity index (χ2v) is 9.80. The fraction of sp³-hybridized carbons (Fsp3) is 0.500. The maximum atomic E-state index is 13.4. The summed E-state index contributed by atoms with van der Waals surface area (Å²) >= 11 is 1.70. The summed E-state index contributed by atoms with van der Waals surface area (Å²) in [6.07, 6.45) is 2.67. The molecule has 0 N–H and O–H groups in total. The Labute approximate surface area is 186 Å². The summed E-state index contributed by atoms with van der Waals surface area (Å²) in [5, 5.41) is 2.05. The third-order valence-corrected chi connectivity index (χ3v) is 6.78. The van der Waals surface area contributed by atoms with Crippen molar-refractivity contribution in [3.63, 3.8) is 0 Å². The van der Waals surface area contributed by atoms with Gasteiger partial charge < -0.3 is 14.5 Å². The van der Waals surface area contributed by atoms with Gasteiger partial charge in [0.05, 0.1) is 12.6 Å². The van der Waals surface area contributed by atoms with Gasteiger partial charge in [0.25, 0.3) is 0 Å². The first kappa shape index (κ1) is 21.8. The molecule has 1 saturated carbocycles. The molecule has 2 heterocycles. The molecule has 0 spiro atoms. The zero-order chi connectivity index (χ0) is 22.0. The van der Waals surface area contributed by atoms with Crippen molar-refractivity contribution in [2.24, 2.45) is 11.8 Å². The summed E-state index contributed by atoms with van der Waals surface area (Å²) in [6, 6.07) is 7.75. The van der Waals surface area contributed by atoms with Gasteiger partial charge in [0.15, 0.2) is 0 Å². The highest BCUT2D eigenvalue weighted by Crippen LogP contribution is 2.35. The third-order valence-electron chi connectivity index (χ3n) is 5.79. The van der Waals surface area contributed by atoms with Crippen LogP contribution in [-0.2, 0) is 16.0 Å². The molecular weight excluding hydrogens is 415 g/mol. The molecule has 1 aliphatic heterocycles. The van der Waals surface area contributed by atoms with E-state index in [0.717, 1.165) is 24.8 Å². The van der Waals surface area contributed by atoms with Crippen molar-refractivity contribution in [2.45, 2.75) is 39.2 Å². The topological polar surface area (TPSA) is 49.9 Å². The van der Waals surface area contributed by atoms with Crippen LogP contribution in [0.2, 0.25) is 0 Å². The number of amides is 2. The Bertz CT molecular complexity index is 923. The van der Waals surface area contributed by atoms with Gasteiger partial charge >= 0.3 is 0 Å². The van der Waals surface area contributed by atoms with E-state index in [4.69, 9.17) is 4.74 Å². The van der Waals surface area contributed by atoms with E-state index < -0.39 is 0 Å². The number of halogens is 1. The number of benzene rings is 1. The van der Waals surface area contributed by atoms with Crippen LogP contribution in [0, 0.1) is 17.7 Å². The number of nitrogens with zero attached hydrogens (tertiary/aromatic N) is 2. The molecule has 4 rings (SSSR count). The molecule has 2 aromatic rings. The largest absolute Gasteiger partial charge is 0.491 e. The first-order valence-corrected chi connectivity index (χ1v) is 11.8. The van der Waals surface area contributed by atoms with Crippen molar-refractivity contribution >= 4 is 23.2 Å². The Balaban J connectivity index is 1.49. The average molecular weight is 445 g/mol. The minimum Gasteiger partial charge on any atom is -0.491 e. The van der Waals surface area contributed by atoms with Gasteiger partial charge in [-0.25, -0.2) is 4.39 Å². The van der Waals surface area contributed by atoms with Crippen molar-refractivity contribution in [1.29, 1.82) is 0 Å². The number of hydrogen-bond donors (Lipinski definition) is 0. The van der Waals surface area contributed by atoms with Crippen LogP contribution in [0.1, 0.15) is 43.2 Å². The molecular formula is C24H29FN2O3S. The zero-order valence-electron chi connectivity index (χ0n) is 18.1. The molecule has 7 heteroatoms. The number of carbonyl (C=O) groups excluding carboxylic acids is 2. The summed E-state index contributed by atoms with van der Waals surface area (Å²) in [4.78, 5) is 31.0. The van der Waals surface area contributed by atoms with Gasteiger partial charge in [-0.15, -0.1) is 11.3 Å². The second kappa shape index (κ2) is 9.39. The van der Waals surface area contributed by atoms with Crippen LogP contribution >= 0.6 is 11.3 Å². The van der Waals surface area contributed by atoms with Gasteiger partial charge in [-0.05, 0) is 66.5 Å². The molecule has 1 atom stereocenters. The molecule has 0 bridgehead atoms. The molecule has 5 nitrogen and oxygen atoms in total. The number of ether oxygens (including phenoxy) is 1. The Morgan fingerprint density at radius 1 is 1.23 bits per heavy atom. The highest BCUT2D eigenvalue weighted by Gasteiger charge is 2.37. The van der Waals surface area contributed by atoms with Gasteiger partial charge in [-0.1, -0.05) is 13.8 Å². The quantitative estimate of drug-likeness (QED) is 0.610. The smallest absolute Gasteiger partial charge is 0.242 e. The van der Waals surface area contributed by atoms with E-state index in [1.54, 1.807) is 28.4 Å². The lowest BCUT2D eigenvalue weighted by molar-refractivity contribution is -0.143. The molecule has 1 aromatic heterocycles. The monoisotopic (exact) mass is 444 g/mol. The minimum absolute atomic E-state index is 0.0424. The molecule has 1 unspecified atom stereocenters. The standard InChI is InChI=1S/C24H29FN2O3S/c1-16(2)13-26(24(29)17-3-4-17)14-23(28)27-11-9-22-20(10-12-31-22)21(27)15-30-19-7-5-18(25)6-8-19/h5-8,10,12,16-17,21H,3-4,9,11,13-15H2,1-2H3. The number of rotatable bonds is 8. The second-order valence-electron chi connectivity index (χ2n) is 8.80. The molecule has 1 fully saturated rings. The van der Waals surface area contributed by atoms with E-state index >= 15 is 0 Å². The van der Waals surface area contributed by atoms with Crippen LogP contribution in [0.15, 0.2) is 35.7 Å². The summed E-state index contributed by atoms with van der Waals surface area (Å²) in [5.41, 5.74) is 1.11. The van der Waals surface area contributed by atoms with Crippen molar-refractivity contribution < 1.29 is 18.7 Å². The van der Waals surface area contributed by atoms with Crippen LogP contribution in [0.25, 0.3) is 0 Å². The first-order valence-electron chi connectivity index (χ1n) is 10.9. The van der Waals surface area contributed by atoms with Gasteiger partial charge in [0, 0.05) is 23.9 Å². The lowest BCUT2D eigenvalue weighted by Crippen LogP contribution is -2.48. The van der Waals surface area contributed by atoms with Crippen LogP contribution in [0.3, 0.4) is 0 Å². The van der Waals surface area contributed by atoms with E-state index in [1.807, 2.05) is 10.3 Å². The van der Waals surface area contributed by atoms with E-state index in [-0.39, 0.29) is 36.1 Å². The first-order chi connectivity index (χ1) is 14.9. The third kappa shape index (κ3) is 5.26. The Morgan fingerprint density at radius 3 is 2.65 bits per heavy atom. The zero-order valence-corrected chi connectivity index (χ0v) is 18.9. The predicted molar refractivity (Wildman–Crippen MR) is 119 cm³/mol. The molecule has 0 saturated heterocycles. The van der Waals surface area contributed by atoms with Crippen molar-refractivity contribution in [3.8, 4) is 5.75 Å². The van der Waals surface area contributed by atoms with Crippen LogP contribution in [0.5, 0.6) is 5.75 Å². The molecule has 0 radical (unpaired) electrons. The average Bonchev–Trinajstić information content (AvgIpc) is 3.48. The maximum absolute atomic E-state index is 13.4. The molecule has 1 aliphatic carbocycles. The van der Waals surface area contributed by atoms with Gasteiger partial charge in [0.2, 0.25) is 11.8 Å². The van der Waals surface area contributed by atoms with Crippen molar-refractivity contribution in [1.82, 2.24) is 9.80 Å². The summed E-state index contributed by atoms with van der Waals surface area (Å²) in [5.74, 6) is 0.717. The fourth-order valence-corrected chi connectivity index (χ4v) is 5.02. The number of carbonyl (C=O) groups is 2. The van der Waals surface area contributed by atoms with Crippen LogP contribution in [0.4, 0.5) is 4.39 Å². The summed E-state index contributed by atoms with van der Waals surface area (Å²) < 4.78 is 19.1. The van der Waals surface area contributed by atoms with Crippen LogP contribution in [-0.4, -0.2) is 47.9 Å². The molecule has 2 aliphatic rings. The molecule has 2 amide bonds. The SMILES string of the molecule is CC(C)CN(CC(=O)N1CCc2sccc2C1COc1ccc(F)cc1)C(=O)C1CC1. The van der Waals surface area contributed by atoms with Gasteiger partial charge in [-0.2, -0.15) is 0 Å². The highest BCUT2D eigenvalue weighted by atomic mass is 32.1. The molecule has 1 aromatic carbocycles. The van der Waals surface area contributed by atoms with E-state index in [1.165, 1.54) is 17.0 Å². The number of hydrogen-bond acceptors (Lipinski definition) is 4. The van der Waals surface area contributed by atoms with Crippen molar-refractivity contribution in [2.75, 3.05) is 26.2 Å². The Kier molecular flexibility index (Phi) is 6.60.